The minimum atomic E-state index is 0.0616. The van der Waals surface area contributed by atoms with Gasteiger partial charge in [-0.1, -0.05) is 25.9 Å². The van der Waals surface area contributed by atoms with E-state index in [1.54, 1.807) is 0 Å². The molecule has 0 aliphatic heterocycles. The van der Waals surface area contributed by atoms with Crippen LogP contribution < -0.4 is 0 Å². The number of aromatic nitrogens is 1. The van der Waals surface area contributed by atoms with E-state index in [0.29, 0.717) is 0 Å². The Labute approximate surface area is 88.0 Å². The Morgan fingerprint density at radius 3 is 2.18 bits per heavy atom. The van der Waals surface area contributed by atoms with E-state index in [1.165, 1.54) is 0 Å². The van der Waals surface area contributed by atoms with Gasteiger partial charge in [-0.2, -0.15) is 0 Å². The molecule has 0 saturated carbocycles. The lowest BCUT2D eigenvalue weighted by Gasteiger charge is -2.13. The van der Waals surface area contributed by atoms with Gasteiger partial charge in [0, 0.05) is 5.41 Å². The van der Waals surface area contributed by atoms with Gasteiger partial charge in [0.1, 0.15) is 5.69 Å². The van der Waals surface area contributed by atoms with Crippen LogP contribution in [0.3, 0.4) is 0 Å². The van der Waals surface area contributed by atoms with Crippen LogP contribution in [0.5, 0.6) is 0 Å². The summed E-state index contributed by atoms with van der Waals surface area (Å²) in [7, 11) is 0. The Balaban J connectivity index is 3.15. The summed E-state index contributed by atoms with van der Waals surface area (Å²) in [6, 6.07) is 0. The third kappa shape index (κ3) is 1.96. The zero-order chi connectivity index (χ0) is 8.65. The predicted molar refractivity (Wildman–Crippen MR) is 55.6 cm³/mol. The number of halogens is 2. The quantitative estimate of drug-likeness (QED) is 0.682. The first-order valence-corrected chi connectivity index (χ1v) is 5.11. The minimum absolute atomic E-state index is 0.0616. The summed E-state index contributed by atoms with van der Waals surface area (Å²) < 4.78 is 6.77. The molecule has 1 heterocycles. The first-order chi connectivity index (χ1) is 4.93. The zero-order valence-electron chi connectivity index (χ0n) is 6.61. The first-order valence-electron chi connectivity index (χ1n) is 3.24. The van der Waals surface area contributed by atoms with Gasteiger partial charge in [0.2, 0.25) is 4.67 Å². The van der Waals surface area contributed by atoms with Gasteiger partial charge in [-0.25, -0.2) is 0 Å². The smallest absolute Gasteiger partial charge is 0.215 e. The van der Waals surface area contributed by atoms with Crippen LogP contribution in [0, 0.1) is 3.57 Å². The molecular formula is C7H9BrINO. The van der Waals surface area contributed by atoms with Crippen molar-refractivity contribution in [3.63, 3.8) is 0 Å². The summed E-state index contributed by atoms with van der Waals surface area (Å²) in [5, 5.41) is 3.96. The monoisotopic (exact) mass is 329 g/mol. The Morgan fingerprint density at radius 1 is 1.45 bits per heavy atom. The lowest BCUT2D eigenvalue weighted by Crippen LogP contribution is -2.12. The van der Waals surface area contributed by atoms with Gasteiger partial charge in [0.05, 0.1) is 3.57 Å². The Bertz CT molecular complexity index is 264. The predicted octanol–water partition coefficient (Wildman–Crippen LogP) is 3.34. The topological polar surface area (TPSA) is 26.0 Å². The molecule has 0 amide bonds. The summed E-state index contributed by atoms with van der Waals surface area (Å²) >= 11 is 5.49. The van der Waals surface area contributed by atoms with Crippen molar-refractivity contribution in [2.75, 3.05) is 0 Å². The lowest BCUT2D eigenvalue weighted by molar-refractivity contribution is 0.377. The van der Waals surface area contributed by atoms with E-state index in [-0.39, 0.29) is 5.41 Å². The van der Waals surface area contributed by atoms with E-state index < -0.39 is 0 Å². The molecule has 0 N–H and O–H groups in total. The van der Waals surface area contributed by atoms with E-state index in [4.69, 9.17) is 4.52 Å². The molecule has 62 valence electrons. The summed E-state index contributed by atoms with van der Waals surface area (Å²) in [6.45, 7) is 6.33. The van der Waals surface area contributed by atoms with E-state index in [2.05, 4.69) is 64.4 Å². The molecule has 0 unspecified atom stereocenters. The van der Waals surface area contributed by atoms with E-state index in [1.807, 2.05) is 0 Å². The Hall–Kier alpha value is 0.420. The van der Waals surface area contributed by atoms with Crippen LogP contribution in [0.4, 0.5) is 0 Å². The van der Waals surface area contributed by atoms with Crippen molar-refractivity contribution in [3.8, 4) is 0 Å². The second-order valence-corrected chi connectivity index (χ2v) is 5.17. The molecule has 0 aliphatic rings. The van der Waals surface area contributed by atoms with Gasteiger partial charge in [-0.15, -0.1) is 0 Å². The summed E-state index contributed by atoms with van der Waals surface area (Å²) in [6.07, 6.45) is 0. The van der Waals surface area contributed by atoms with Crippen LogP contribution in [0.1, 0.15) is 26.5 Å². The zero-order valence-corrected chi connectivity index (χ0v) is 10.4. The van der Waals surface area contributed by atoms with Crippen molar-refractivity contribution in [1.29, 1.82) is 0 Å². The first kappa shape index (κ1) is 9.51. The van der Waals surface area contributed by atoms with Crippen molar-refractivity contribution in [1.82, 2.24) is 5.16 Å². The fraction of sp³-hybridized carbons (Fsp3) is 0.571. The van der Waals surface area contributed by atoms with Crippen LogP contribution in [0.2, 0.25) is 0 Å². The molecule has 1 aromatic heterocycles. The molecule has 0 aliphatic carbocycles. The molecule has 0 atom stereocenters. The van der Waals surface area contributed by atoms with Crippen LogP contribution >= 0.6 is 38.5 Å². The second-order valence-electron chi connectivity index (χ2n) is 3.37. The fourth-order valence-corrected chi connectivity index (χ4v) is 1.99. The fourth-order valence-electron chi connectivity index (χ4n) is 0.725. The largest absolute Gasteiger partial charge is 0.348 e. The van der Waals surface area contributed by atoms with Gasteiger partial charge in [0.25, 0.3) is 0 Å². The molecule has 1 rings (SSSR count). The van der Waals surface area contributed by atoms with Gasteiger partial charge in [-0.3, -0.25) is 0 Å². The highest BCUT2D eigenvalue weighted by Gasteiger charge is 2.23. The summed E-state index contributed by atoms with van der Waals surface area (Å²) in [4.78, 5) is 0. The maximum Gasteiger partial charge on any atom is 0.215 e. The molecule has 4 heteroatoms. The Kier molecular flexibility index (Phi) is 2.63. The van der Waals surface area contributed by atoms with Gasteiger partial charge >= 0.3 is 0 Å². The molecule has 11 heavy (non-hydrogen) atoms. The van der Waals surface area contributed by atoms with Gasteiger partial charge < -0.3 is 4.52 Å². The van der Waals surface area contributed by atoms with E-state index in [0.717, 1.165) is 13.9 Å². The highest BCUT2D eigenvalue weighted by molar-refractivity contribution is 14.1. The Morgan fingerprint density at radius 2 is 2.00 bits per heavy atom. The number of hydrogen-bond donors (Lipinski definition) is 0. The second kappa shape index (κ2) is 3.05. The number of nitrogens with zero attached hydrogens (tertiary/aromatic N) is 1. The normalized spacial score (nSPS) is 12.1. The highest BCUT2D eigenvalue weighted by atomic mass is 127. The summed E-state index contributed by atoms with van der Waals surface area (Å²) in [5.41, 5.74) is 1.07. The average Bonchev–Trinajstić information content (AvgIpc) is 2.11. The van der Waals surface area contributed by atoms with Crippen molar-refractivity contribution in [2.45, 2.75) is 26.2 Å². The molecule has 0 saturated heterocycles. The molecule has 0 spiro atoms. The van der Waals surface area contributed by atoms with Gasteiger partial charge in [-0.05, 0) is 38.5 Å². The maximum atomic E-state index is 4.98. The molecular weight excluding hydrogens is 321 g/mol. The van der Waals surface area contributed by atoms with E-state index >= 15 is 0 Å². The van der Waals surface area contributed by atoms with E-state index in [9.17, 15) is 0 Å². The lowest BCUT2D eigenvalue weighted by atomic mass is 9.93. The van der Waals surface area contributed by atoms with Crippen molar-refractivity contribution >= 4 is 38.5 Å². The maximum absolute atomic E-state index is 4.98. The van der Waals surface area contributed by atoms with Crippen molar-refractivity contribution < 1.29 is 4.52 Å². The van der Waals surface area contributed by atoms with Crippen molar-refractivity contribution in [2.24, 2.45) is 0 Å². The molecule has 0 radical (unpaired) electrons. The molecule has 0 bridgehead atoms. The SMILES string of the molecule is CC(C)(C)c1noc(Br)c1I. The minimum Gasteiger partial charge on any atom is -0.348 e. The molecule has 0 fully saturated rings. The van der Waals surface area contributed by atoms with Gasteiger partial charge in [0.15, 0.2) is 0 Å². The standard InChI is InChI=1S/C7H9BrINO/c1-7(2,3)5-4(9)6(8)11-10-5/h1-3H3. The third-order valence-corrected chi connectivity index (χ3v) is 3.59. The number of hydrogen-bond acceptors (Lipinski definition) is 2. The third-order valence-electron chi connectivity index (χ3n) is 1.31. The van der Waals surface area contributed by atoms with Crippen molar-refractivity contribution in [3.05, 3.63) is 13.9 Å². The highest BCUT2D eigenvalue weighted by Crippen LogP contribution is 2.30. The molecule has 2 nitrogen and oxygen atoms in total. The number of rotatable bonds is 0. The molecule has 1 aromatic rings. The van der Waals surface area contributed by atoms with Crippen LogP contribution in [0.25, 0.3) is 0 Å². The van der Waals surface area contributed by atoms with Crippen LogP contribution in [0.15, 0.2) is 9.19 Å². The van der Waals surface area contributed by atoms with Crippen LogP contribution in [-0.2, 0) is 5.41 Å². The summed E-state index contributed by atoms with van der Waals surface area (Å²) in [5.74, 6) is 0. The molecule has 0 aromatic carbocycles. The average molecular weight is 330 g/mol. The van der Waals surface area contributed by atoms with Crippen LogP contribution in [-0.4, -0.2) is 5.16 Å².